The third kappa shape index (κ3) is 1.05. The van der Waals surface area contributed by atoms with Crippen LogP contribution in [0.15, 0.2) is 24.4 Å². The highest BCUT2D eigenvalue weighted by molar-refractivity contribution is 6.05. The predicted molar refractivity (Wildman–Crippen MR) is 49.1 cm³/mol. The van der Waals surface area contributed by atoms with Crippen LogP contribution in [0.2, 0.25) is 0 Å². The smallest absolute Gasteiger partial charge is 0.152 e. The third-order valence-electron chi connectivity index (χ3n) is 2.02. The Bertz CT molecular complexity index is 471. The highest BCUT2D eigenvalue weighted by Crippen LogP contribution is 2.19. The second kappa shape index (κ2) is 2.86. The van der Waals surface area contributed by atoms with Gasteiger partial charge in [-0.3, -0.25) is 9.59 Å². The fraction of sp³-hybridized carbons (Fsp3) is 0. The van der Waals surface area contributed by atoms with Gasteiger partial charge in [0.2, 0.25) is 0 Å². The summed E-state index contributed by atoms with van der Waals surface area (Å²) in [5, 5.41) is 0.701. The standard InChI is InChI=1S/C10H7NO2/c12-5-7-2-1-3-9-10(7)8(6-13)4-11-9/h1-6,11H. The number of aldehydes is 2. The van der Waals surface area contributed by atoms with E-state index in [-0.39, 0.29) is 0 Å². The van der Waals surface area contributed by atoms with Crippen LogP contribution in [0, 0.1) is 0 Å². The summed E-state index contributed by atoms with van der Waals surface area (Å²) in [7, 11) is 0. The highest BCUT2D eigenvalue weighted by Gasteiger charge is 2.05. The Morgan fingerprint density at radius 2 is 1.85 bits per heavy atom. The zero-order valence-corrected chi connectivity index (χ0v) is 6.78. The van der Waals surface area contributed by atoms with Crippen molar-refractivity contribution in [2.75, 3.05) is 0 Å². The average molecular weight is 173 g/mol. The van der Waals surface area contributed by atoms with E-state index in [4.69, 9.17) is 0 Å². The maximum Gasteiger partial charge on any atom is 0.152 e. The quantitative estimate of drug-likeness (QED) is 0.704. The van der Waals surface area contributed by atoms with E-state index in [0.717, 1.165) is 18.1 Å². The lowest BCUT2D eigenvalue weighted by Gasteiger charge is -1.93. The summed E-state index contributed by atoms with van der Waals surface area (Å²) in [6, 6.07) is 5.29. The number of hydrogen-bond acceptors (Lipinski definition) is 2. The lowest BCUT2D eigenvalue weighted by molar-refractivity contribution is 0.112. The molecule has 0 aliphatic heterocycles. The van der Waals surface area contributed by atoms with Crippen LogP contribution in [0.4, 0.5) is 0 Å². The van der Waals surface area contributed by atoms with Crippen molar-refractivity contribution in [2.45, 2.75) is 0 Å². The van der Waals surface area contributed by atoms with Crippen molar-refractivity contribution in [3.8, 4) is 0 Å². The summed E-state index contributed by atoms with van der Waals surface area (Å²) >= 11 is 0. The molecular formula is C10H7NO2. The van der Waals surface area contributed by atoms with E-state index in [0.29, 0.717) is 16.5 Å². The molecule has 2 aromatic rings. The van der Waals surface area contributed by atoms with Gasteiger partial charge in [0.1, 0.15) is 0 Å². The van der Waals surface area contributed by atoms with Crippen LogP contribution in [0.3, 0.4) is 0 Å². The number of aromatic nitrogens is 1. The molecule has 3 nitrogen and oxygen atoms in total. The van der Waals surface area contributed by atoms with E-state index in [9.17, 15) is 9.59 Å². The predicted octanol–water partition coefficient (Wildman–Crippen LogP) is 1.79. The van der Waals surface area contributed by atoms with Gasteiger partial charge in [0, 0.05) is 28.2 Å². The van der Waals surface area contributed by atoms with E-state index in [1.54, 1.807) is 18.3 Å². The zero-order chi connectivity index (χ0) is 9.26. The number of H-pyrrole nitrogens is 1. The molecule has 0 saturated carbocycles. The summed E-state index contributed by atoms with van der Waals surface area (Å²) in [5.41, 5.74) is 1.88. The van der Waals surface area contributed by atoms with Gasteiger partial charge in [-0.2, -0.15) is 0 Å². The molecule has 0 unspecified atom stereocenters. The summed E-state index contributed by atoms with van der Waals surface area (Å²) in [4.78, 5) is 24.2. The SMILES string of the molecule is O=Cc1cccc2[nH]cc(C=O)c12. The molecular weight excluding hydrogens is 166 g/mol. The molecule has 0 saturated heterocycles. The van der Waals surface area contributed by atoms with Gasteiger partial charge in [0.25, 0.3) is 0 Å². The van der Waals surface area contributed by atoms with Crippen LogP contribution in [-0.4, -0.2) is 17.6 Å². The minimum absolute atomic E-state index is 0.526. The molecule has 64 valence electrons. The van der Waals surface area contributed by atoms with Crippen molar-refractivity contribution in [1.82, 2.24) is 4.98 Å². The van der Waals surface area contributed by atoms with Crippen molar-refractivity contribution < 1.29 is 9.59 Å². The average Bonchev–Trinajstić information content (AvgIpc) is 2.60. The maximum absolute atomic E-state index is 10.7. The van der Waals surface area contributed by atoms with E-state index in [2.05, 4.69) is 4.98 Å². The van der Waals surface area contributed by atoms with E-state index >= 15 is 0 Å². The molecule has 0 fully saturated rings. The van der Waals surface area contributed by atoms with E-state index in [1.165, 1.54) is 0 Å². The van der Waals surface area contributed by atoms with Crippen molar-refractivity contribution in [3.05, 3.63) is 35.5 Å². The van der Waals surface area contributed by atoms with E-state index < -0.39 is 0 Å². The molecule has 1 heterocycles. The van der Waals surface area contributed by atoms with Gasteiger partial charge in [-0.15, -0.1) is 0 Å². The summed E-state index contributed by atoms with van der Waals surface area (Å²) in [6.07, 6.45) is 3.10. The number of fused-ring (bicyclic) bond motifs is 1. The van der Waals surface area contributed by atoms with Gasteiger partial charge in [-0.05, 0) is 6.07 Å². The van der Waals surface area contributed by atoms with Crippen molar-refractivity contribution in [2.24, 2.45) is 0 Å². The zero-order valence-electron chi connectivity index (χ0n) is 6.78. The van der Waals surface area contributed by atoms with Gasteiger partial charge in [0.05, 0.1) is 0 Å². The van der Waals surface area contributed by atoms with Gasteiger partial charge in [0.15, 0.2) is 12.6 Å². The first-order valence-electron chi connectivity index (χ1n) is 3.87. The second-order valence-corrected chi connectivity index (χ2v) is 2.75. The molecule has 13 heavy (non-hydrogen) atoms. The number of rotatable bonds is 2. The first-order valence-corrected chi connectivity index (χ1v) is 3.87. The molecule has 0 aliphatic rings. The number of carbonyl (C=O) groups excluding carboxylic acids is 2. The van der Waals surface area contributed by atoms with Gasteiger partial charge < -0.3 is 4.98 Å². The first-order chi connectivity index (χ1) is 6.36. The lowest BCUT2D eigenvalue weighted by atomic mass is 10.1. The van der Waals surface area contributed by atoms with Gasteiger partial charge >= 0.3 is 0 Å². The number of aromatic amines is 1. The summed E-state index contributed by atoms with van der Waals surface area (Å²) in [6.45, 7) is 0. The first kappa shape index (κ1) is 7.73. The largest absolute Gasteiger partial charge is 0.360 e. The molecule has 3 heteroatoms. The highest BCUT2D eigenvalue weighted by atomic mass is 16.1. The molecule has 0 atom stereocenters. The molecule has 0 amide bonds. The lowest BCUT2D eigenvalue weighted by Crippen LogP contribution is -1.83. The molecule has 0 bridgehead atoms. The second-order valence-electron chi connectivity index (χ2n) is 2.75. The number of nitrogens with one attached hydrogen (secondary N) is 1. The van der Waals surface area contributed by atoms with Crippen LogP contribution in [0.5, 0.6) is 0 Å². The summed E-state index contributed by atoms with van der Waals surface area (Å²) in [5.74, 6) is 0. The Labute approximate surface area is 74.4 Å². The minimum Gasteiger partial charge on any atom is -0.360 e. The van der Waals surface area contributed by atoms with Crippen LogP contribution in [0.1, 0.15) is 20.7 Å². The molecule has 0 aliphatic carbocycles. The Balaban J connectivity index is 2.90. The van der Waals surface area contributed by atoms with Gasteiger partial charge in [-0.1, -0.05) is 12.1 Å². The third-order valence-corrected chi connectivity index (χ3v) is 2.02. The normalized spacial score (nSPS) is 10.2. The number of benzene rings is 1. The molecule has 0 radical (unpaired) electrons. The van der Waals surface area contributed by atoms with Crippen molar-refractivity contribution in [3.63, 3.8) is 0 Å². The van der Waals surface area contributed by atoms with Crippen molar-refractivity contribution >= 4 is 23.5 Å². The fourth-order valence-electron chi connectivity index (χ4n) is 1.43. The van der Waals surface area contributed by atoms with Crippen LogP contribution >= 0.6 is 0 Å². The summed E-state index contributed by atoms with van der Waals surface area (Å²) < 4.78 is 0. The maximum atomic E-state index is 10.7. The van der Waals surface area contributed by atoms with Gasteiger partial charge in [-0.25, -0.2) is 0 Å². The molecule has 1 aromatic heterocycles. The number of hydrogen-bond donors (Lipinski definition) is 1. The van der Waals surface area contributed by atoms with E-state index in [1.807, 2.05) is 6.07 Å². The molecule has 0 spiro atoms. The van der Waals surface area contributed by atoms with Crippen LogP contribution < -0.4 is 0 Å². The molecule has 2 rings (SSSR count). The van der Waals surface area contributed by atoms with Crippen LogP contribution in [0.25, 0.3) is 10.9 Å². The Morgan fingerprint density at radius 3 is 2.54 bits per heavy atom. The topological polar surface area (TPSA) is 49.9 Å². The Kier molecular flexibility index (Phi) is 1.70. The minimum atomic E-state index is 0.526. The Morgan fingerprint density at radius 1 is 1.08 bits per heavy atom. The number of carbonyl (C=O) groups is 2. The fourth-order valence-corrected chi connectivity index (χ4v) is 1.43. The van der Waals surface area contributed by atoms with Crippen LogP contribution in [-0.2, 0) is 0 Å². The van der Waals surface area contributed by atoms with Crippen molar-refractivity contribution in [1.29, 1.82) is 0 Å². The molecule has 1 aromatic carbocycles. The molecule has 1 N–H and O–H groups in total. The monoisotopic (exact) mass is 173 g/mol. The Hall–Kier alpha value is -1.90.